The number of hydrogen-bond acceptors (Lipinski definition) is 7. The molecule has 1 amide bonds. The molecule has 2 aromatic carbocycles. The monoisotopic (exact) mass is 522 g/mol. The maximum Gasteiger partial charge on any atom is 0.408 e. The van der Waals surface area contributed by atoms with Crippen LogP contribution in [0.5, 0.6) is 5.75 Å². The highest BCUT2D eigenvalue weighted by molar-refractivity contribution is 5.89. The van der Waals surface area contributed by atoms with E-state index < -0.39 is 36.1 Å². The van der Waals surface area contributed by atoms with Crippen molar-refractivity contribution in [3.63, 3.8) is 0 Å². The summed E-state index contributed by atoms with van der Waals surface area (Å²) in [6.45, 7) is 8.78. The predicted molar refractivity (Wildman–Crippen MR) is 140 cm³/mol. The van der Waals surface area contributed by atoms with E-state index in [-0.39, 0.29) is 0 Å². The van der Waals surface area contributed by atoms with E-state index in [2.05, 4.69) is 5.32 Å². The lowest BCUT2D eigenvalue weighted by Crippen LogP contribution is -2.42. The van der Waals surface area contributed by atoms with Crippen molar-refractivity contribution in [3.8, 4) is 5.75 Å². The van der Waals surface area contributed by atoms with Gasteiger partial charge in [0.05, 0.1) is 30.5 Å². The Morgan fingerprint density at radius 2 is 1.82 bits per heavy atom. The molecule has 1 aromatic heterocycles. The highest BCUT2D eigenvalue weighted by Gasteiger charge is 2.39. The van der Waals surface area contributed by atoms with Crippen LogP contribution >= 0.6 is 0 Å². The molecular formula is C29H34N2O7. The lowest BCUT2D eigenvalue weighted by molar-refractivity contribution is -0.183. The van der Waals surface area contributed by atoms with Gasteiger partial charge in [-0.3, -0.25) is 4.79 Å². The molecule has 0 saturated carbocycles. The quantitative estimate of drug-likeness (QED) is 0.446. The zero-order valence-corrected chi connectivity index (χ0v) is 22.2. The van der Waals surface area contributed by atoms with Crippen LogP contribution in [0, 0.1) is 0 Å². The maximum absolute atomic E-state index is 12.6. The number of carbonyl (C=O) groups excluding carboxylic acids is 2. The number of aromatic nitrogens is 1. The summed E-state index contributed by atoms with van der Waals surface area (Å²) in [5.41, 5.74) is 2.88. The van der Waals surface area contributed by atoms with E-state index in [0.717, 1.165) is 34.1 Å². The molecule has 9 heteroatoms. The zero-order valence-electron chi connectivity index (χ0n) is 22.2. The van der Waals surface area contributed by atoms with Gasteiger partial charge >= 0.3 is 12.1 Å². The van der Waals surface area contributed by atoms with E-state index in [1.165, 1.54) is 6.92 Å². The molecule has 202 valence electrons. The van der Waals surface area contributed by atoms with Crippen LogP contribution in [0.3, 0.4) is 0 Å². The number of carbonyl (C=O) groups is 2. The van der Waals surface area contributed by atoms with Gasteiger partial charge in [-0.25, -0.2) is 4.79 Å². The molecule has 2 aliphatic rings. The second-order valence-corrected chi connectivity index (χ2v) is 10.6. The number of amides is 1. The summed E-state index contributed by atoms with van der Waals surface area (Å²) in [5, 5.41) is 3.77. The average Bonchev–Trinajstić information content (AvgIpc) is 3.38. The fourth-order valence-electron chi connectivity index (χ4n) is 4.88. The number of fused-ring (bicyclic) bond motifs is 3. The Morgan fingerprint density at radius 3 is 2.50 bits per heavy atom. The predicted octanol–water partition coefficient (Wildman–Crippen LogP) is 5.17. The first-order valence-corrected chi connectivity index (χ1v) is 12.9. The second-order valence-electron chi connectivity index (χ2n) is 10.6. The number of ether oxygens (including phenoxy) is 5. The van der Waals surface area contributed by atoms with Gasteiger partial charge in [0.15, 0.2) is 12.4 Å². The van der Waals surface area contributed by atoms with Gasteiger partial charge in [0, 0.05) is 24.4 Å². The van der Waals surface area contributed by atoms with Gasteiger partial charge in [0.1, 0.15) is 18.0 Å². The van der Waals surface area contributed by atoms with Gasteiger partial charge in [0.2, 0.25) is 0 Å². The lowest BCUT2D eigenvalue weighted by atomic mass is 10.1. The average molecular weight is 523 g/mol. The summed E-state index contributed by atoms with van der Waals surface area (Å²) >= 11 is 0. The molecule has 38 heavy (non-hydrogen) atoms. The van der Waals surface area contributed by atoms with Gasteiger partial charge in [-0.05, 0) is 51.0 Å². The smallest absolute Gasteiger partial charge is 0.408 e. The van der Waals surface area contributed by atoms with Gasteiger partial charge in [-0.15, -0.1) is 0 Å². The first kappa shape index (κ1) is 26.1. The first-order chi connectivity index (χ1) is 18.2. The molecule has 3 heterocycles. The van der Waals surface area contributed by atoms with Crippen molar-refractivity contribution < 1.29 is 33.3 Å². The van der Waals surface area contributed by atoms with E-state index in [0.29, 0.717) is 32.1 Å². The van der Waals surface area contributed by atoms with Crippen LogP contribution in [0.2, 0.25) is 0 Å². The summed E-state index contributed by atoms with van der Waals surface area (Å²) < 4.78 is 31.3. The minimum absolute atomic E-state index is 0.391. The van der Waals surface area contributed by atoms with E-state index in [9.17, 15) is 9.59 Å². The number of nitrogens with zero attached hydrogens (tertiary/aromatic N) is 1. The maximum atomic E-state index is 12.6. The van der Waals surface area contributed by atoms with Gasteiger partial charge in [-0.2, -0.15) is 0 Å². The van der Waals surface area contributed by atoms with Crippen LogP contribution in [-0.4, -0.2) is 41.5 Å². The number of benzene rings is 2. The van der Waals surface area contributed by atoms with Crippen molar-refractivity contribution in [2.75, 3.05) is 13.2 Å². The summed E-state index contributed by atoms with van der Waals surface area (Å²) in [4.78, 5) is 24.6. The molecule has 3 aromatic rings. The highest BCUT2D eigenvalue weighted by Crippen LogP contribution is 2.41. The molecule has 1 fully saturated rings. The Morgan fingerprint density at radius 1 is 1.08 bits per heavy atom. The summed E-state index contributed by atoms with van der Waals surface area (Å²) in [5.74, 6) is 0.245. The molecule has 2 atom stereocenters. The molecular weight excluding hydrogens is 488 g/mol. The third-order valence-corrected chi connectivity index (χ3v) is 6.40. The van der Waals surface area contributed by atoms with Crippen molar-refractivity contribution in [1.29, 1.82) is 0 Å². The molecule has 1 N–H and O–H groups in total. The minimum atomic E-state index is -0.681. The summed E-state index contributed by atoms with van der Waals surface area (Å²) in [6, 6.07) is 15.4. The molecule has 5 rings (SSSR count). The number of nitrogens with one attached hydrogen (secondary N) is 1. The minimum Gasteiger partial charge on any atom is -0.488 e. The largest absolute Gasteiger partial charge is 0.488 e. The fourth-order valence-corrected chi connectivity index (χ4v) is 4.88. The topological polar surface area (TPSA) is 97.3 Å². The molecule has 0 aliphatic carbocycles. The Balaban J connectivity index is 1.51. The van der Waals surface area contributed by atoms with Gasteiger partial charge in [-0.1, -0.05) is 30.3 Å². The number of rotatable bonds is 6. The van der Waals surface area contributed by atoms with Crippen LogP contribution in [0.15, 0.2) is 48.5 Å². The molecule has 0 spiro atoms. The van der Waals surface area contributed by atoms with E-state index in [1.807, 2.05) is 53.1 Å². The van der Waals surface area contributed by atoms with Crippen molar-refractivity contribution in [1.82, 2.24) is 9.88 Å². The number of hydrogen-bond donors (Lipinski definition) is 1. The second kappa shape index (κ2) is 10.7. The van der Waals surface area contributed by atoms with E-state index in [4.69, 9.17) is 23.7 Å². The molecule has 9 nitrogen and oxygen atoms in total. The lowest BCUT2D eigenvalue weighted by Gasteiger charge is -2.25. The number of esters is 1. The molecule has 0 bridgehead atoms. The Hall–Kier alpha value is -3.56. The number of alkyl carbamates (subject to hydrolysis) is 1. The third kappa shape index (κ3) is 5.79. The third-order valence-electron chi connectivity index (χ3n) is 6.40. The molecule has 0 radical (unpaired) electrons. The van der Waals surface area contributed by atoms with Gasteiger partial charge in [0.25, 0.3) is 0 Å². The Labute approximate surface area is 221 Å². The van der Waals surface area contributed by atoms with Crippen molar-refractivity contribution >= 4 is 23.0 Å². The fraction of sp³-hybridized carbons (Fsp3) is 0.448. The SMILES string of the molecule is CC(=O)O[C@@H]1c2cc3c(OCc4ccccc4)cc(C4OCCCO4)cc3n2C[C@@H]1NC(=O)OC(C)(C)C. The Bertz CT molecular complexity index is 1310. The van der Waals surface area contributed by atoms with Crippen molar-refractivity contribution in [2.45, 2.75) is 71.3 Å². The normalized spacial score (nSPS) is 19.7. The van der Waals surface area contributed by atoms with Crippen molar-refractivity contribution in [2.24, 2.45) is 0 Å². The van der Waals surface area contributed by atoms with Crippen LogP contribution in [-0.2, 0) is 36.9 Å². The van der Waals surface area contributed by atoms with E-state index in [1.54, 1.807) is 20.8 Å². The van der Waals surface area contributed by atoms with Gasteiger partial charge < -0.3 is 33.6 Å². The van der Waals surface area contributed by atoms with Crippen molar-refractivity contribution in [3.05, 3.63) is 65.4 Å². The zero-order chi connectivity index (χ0) is 26.9. The highest BCUT2D eigenvalue weighted by atomic mass is 16.7. The van der Waals surface area contributed by atoms with Crippen LogP contribution in [0.4, 0.5) is 4.79 Å². The van der Waals surface area contributed by atoms with E-state index >= 15 is 0 Å². The van der Waals surface area contributed by atoms with Crippen LogP contribution in [0.25, 0.3) is 10.9 Å². The molecule has 0 unspecified atom stereocenters. The first-order valence-electron chi connectivity index (χ1n) is 12.9. The summed E-state index contributed by atoms with van der Waals surface area (Å²) in [6.07, 6.45) is -0.898. The summed E-state index contributed by atoms with van der Waals surface area (Å²) in [7, 11) is 0. The Kier molecular flexibility index (Phi) is 7.32. The molecule has 2 aliphatic heterocycles. The molecule has 1 saturated heterocycles. The van der Waals surface area contributed by atoms with Crippen LogP contribution in [0.1, 0.15) is 63.3 Å². The van der Waals surface area contributed by atoms with Crippen LogP contribution < -0.4 is 10.1 Å². The standard InChI is InChI=1S/C29H34N2O7/c1-18(32)37-26-22(30-28(33)38-29(2,3)4)16-31-23-13-20(27-34-11-8-12-35-27)14-25(21(23)15-24(26)31)36-17-19-9-6-5-7-10-19/h5-7,9-10,13-15,22,26-27H,8,11-12,16-17H2,1-4H3,(H,30,33)/t22-,26-/m0/s1.